The first-order chi connectivity index (χ1) is 18.3. The van der Waals surface area contributed by atoms with Crippen molar-refractivity contribution in [2.24, 2.45) is 4.99 Å². The van der Waals surface area contributed by atoms with E-state index in [4.69, 9.17) is 4.74 Å². The number of nitrogens with one attached hydrogen (secondary N) is 1. The Morgan fingerprint density at radius 2 is 1.66 bits per heavy atom. The minimum absolute atomic E-state index is 0.0880. The monoisotopic (exact) mass is 522 g/mol. The summed E-state index contributed by atoms with van der Waals surface area (Å²) in [5.74, 6) is -0.0452. The predicted octanol–water partition coefficient (Wildman–Crippen LogP) is 3.90. The predicted molar refractivity (Wildman–Crippen MR) is 140 cm³/mol. The molecule has 0 saturated carbocycles. The van der Waals surface area contributed by atoms with E-state index in [0.717, 1.165) is 60.5 Å². The Labute approximate surface area is 219 Å². The largest absolute Gasteiger partial charge is 0.484 e. The summed E-state index contributed by atoms with van der Waals surface area (Å²) in [5.41, 5.74) is 1.61. The molecule has 1 saturated heterocycles. The first-order valence-electron chi connectivity index (χ1n) is 12.6. The molecule has 0 radical (unpaired) electrons. The summed E-state index contributed by atoms with van der Waals surface area (Å²) in [7, 11) is 0. The molecule has 9 heteroatoms. The van der Waals surface area contributed by atoms with Crippen LogP contribution < -0.4 is 20.6 Å². The number of benzene rings is 3. The van der Waals surface area contributed by atoms with Gasteiger partial charge in [0.25, 0.3) is 5.91 Å². The molecule has 2 heterocycles. The van der Waals surface area contributed by atoms with E-state index in [-0.39, 0.29) is 24.4 Å². The Morgan fingerprint density at radius 3 is 2.29 bits per heavy atom. The Kier molecular flexibility index (Phi) is 7.49. The fourth-order valence-corrected chi connectivity index (χ4v) is 4.68. The van der Waals surface area contributed by atoms with Crippen molar-refractivity contribution in [1.82, 2.24) is 9.80 Å². The van der Waals surface area contributed by atoms with Gasteiger partial charge in [0, 0.05) is 49.8 Å². The summed E-state index contributed by atoms with van der Waals surface area (Å²) >= 11 is 0. The van der Waals surface area contributed by atoms with Crippen LogP contribution in [0.25, 0.3) is 17.3 Å². The number of anilines is 1. The molecule has 0 spiro atoms. The number of carbonyl (C=O) groups excluding carboxylic acids is 1. The zero-order chi connectivity index (χ0) is 26.7. The van der Waals surface area contributed by atoms with E-state index >= 15 is 0 Å². The van der Waals surface area contributed by atoms with Gasteiger partial charge in [0.2, 0.25) is 0 Å². The number of likely N-dealkylation sites (N-methyl/N-ethyl adjacent to an activating group) is 1. The van der Waals surface area contributed by atoms with Crippen molar-refractivity contribution in [3.63, 3.8) is 0 Å². The van der Waals surface area contributed by atoms with Crippen LogP contribution in [0, 0.1) is 0 Å². The second-order valence-corrected chi connectivity index (χ2v) is 9.47. The number of ether oxygens (including phenoxy) is 1. The van der Waals surface area contributed by atoms with Gasteiger partial charge in [0.1, 0.15) is 5.75 Å². The lowest BCUT2D eigenvalue weighted by molar-refractivity contribution is -0.138. The highest BCUT2D eigenvalue weighted by molar-refractivity contribution is 5.92. The highest BCUT2D eigenvalue weighted by Gasteiger charge is 2.34. The van der Waals surface area contributed by atoms with Crippen LogP contribution in [-0.2, 0) is 17.5 Å². The lowest BCUT2D eigenvalue weighted by atomic mass is 10.0. The molecule has 6 nitrogen and oxygen atoms in total. The van der Waals surface area contributed by atoms with Crippen molar-refractivity contribution < 1.29 is 22.7 Å². The van der Waals surface area contributed by atoms with E-state index in [1.54, 1.807) is 12.1 Å². The van der Waals surface area contributed by atoms with E-state index in [0.29, 0.717) is 5.75 Å². The Bertz CT molecular complexity index is 1430. The molecule has 0 aromatic heterocycles. The molecule has 1 amide bonds. The van der Waals surface area contributed by atoms with Gasteiger partial charge < -0.3 is 15.0 Å². The maximum atomic E-state index is 13.8. The average molecular weight is 523 g/mol. The van der Waals surface area contributed by atoms with Gasteiger partial charge in [-0.1, -0.05) is 31.2 Å². The molecular formula is C29H29F3N4O2. The van der Waals surface area contributed by atoms with Gasteiger partial charge >= 0.3 is 6.18 Å². The summed E-state index contributed by atoms with van der Waals surface area (Å²) in [5, 5.41) is 4.60. The number of rotatable bonds is 8. The molecule has 0 aliphatic carbocycles. The standard InChI is InChI=1S/C29H29F3N4O2/c1-2-35-11-13-36(14-12-35)18-22-3-7-24(16-26(22)29(30,31)32)34-28(37)19-38-25-8-4-20(5-9-25)21-6-10-27-23(15-21)17-33-27/h3-10,15-17H,2,11-14,18-19H2,1H3,(H,34,37). The molecular weight excluding hydrogens is 493 g/mol. The van der Waals surface area contributed by atoms with E-state index in [2.05, 4.69) is 28.2 Å². The third-order valence-corrected chi connectivity index (χ3v) is 6.93. The summed E-state index contributed by atoms with van der Waals surface area (Å²) in [4.78, 5) is 20.9. The number of amides is 1. The molecule has 3 aromatic carbocycles. The van der Waals surface area contributed by atoms with Crippen LogP contribution in [0.1, 0.15) is 18.1 Å². The summed E-state index contributed by atoms with van der Waals surface area (Å²) < 4.78 is 47.1. The maximum Gasteiger partial charge on any atom is 0.416 e. The van der Waals surface area contributed by atoms with E-state index in [1.165, 1.54) is 12.1 Å². The summed E-state index contributed by atoms with van der Waals surface area (Å²) in [6.45, 7) is 6.06. The fourth-order valence-electron chi connectivity index (χ4n) is 4.68. The van der Waals surface area contributed by atoms with Crippen LogP contribution in [0.4, 0.5) is 18.9 Å². The number of fused-ring (bicyclic) bond motifs is 1. The van der Waals surface area contributed by atoms with Gasteiger partial charge in [0.05, 0.1) is 10.9 Å². The second kappa shape index (κ2) is 11.0. The van der Waals surface area contributed by atoms with Crippen LogP contribution in [0.15, 0.2) is 65.7 Å². The first kappa shape index (κ1) is 25.9. The minimum atomic E-state index is -4.52. The third-order valence-electron chi connectivity index (χ3n) is 6.93. The topological polar surface area (TPSA) is 57.2 Å². The number of alkyl halides is 3. The van der Waals surface area contributed by atoms with Crippen molar-refractivity contribution >= 4 is 17.8 Å². The number of hydrogen-bond acceptors (Lipinski definition) is 5. The second-order valence-electron chi connectivity index (χ2n) is 9.47. The van der Waals surface area contributed by atoms with Gasteiger partial charge in [-0.2, -0.15) is 13.2 Å². The zero-order valence-corrected chi connectivity index (χ0v) is 21.1. The van der Waals surface area contributed by atoms with Gasteiger partial charge in [-0.05, 0) is 59.6 Å². The number of hydrogen-bond donors (Lipinski definition) is 1. The van der Waals surface area contributed by atoms with Crippen LogP contribution in [-0.4, -0.2) is 55.0 Å². The number of nitrogens with zero attached hydrogens (tertiary/aromatic N) is 3. The smallest absolute Gasteiger partial charge is 0.416 e. The van der Waals surface area contributed by atoms with E-state index in [9.17, 15) is 18.0 Å². The lowest BCUT2D eigenvalue weighted by Gasteiger charge is -2.34. The van der Waals surface area contributed by atoms with Crippen molar-refractivity contribution in [2.45, 2.75) is 19.6 Å². The molecule has 2 aliphatic heterocycles. The Hall–Kier alpha value is -3.69. The van der Waals surface area contributed by atoms with E-state index in [1.807, 2.05) is 35.4 Å². The zero-order valence-electron chi connectivity index (χ0n) is 21.1. The fraction of sp³-hybridized carbons (Fsp3) is 0.310. The SMILES string of the molecule is CCN1CCN(Cc2ccc(NC(=O)COc3ccc(-c4ccc5c(c4)=CN=5)cc3)cc2C(F)(F)F)CC1. The molecule has 0 unspecified atom stereocenters. The Morgan fingerprint density at radius 1 is 0.947 bits per heavy atom. The molecule has 0 atom stereocenters. The molecule has 38 heavy (non-hydrogen) atoms. The van der Waals surface area contributed by atoms with E-state index < -0.39 is 17.6 Å². The normalized spacial score (nSPS) is 15.6. The first-order valence-corrected chi connectivity index (χ1v) is 12.6. The summed E-state index contributed by atoms with van der Waals surface area (Å²) in [6.07, 6.45) is -2.71. The molecule has 5 rings (SSSR count). The van der Waals surface area contributed by atoms with Gasteiger partial charge in [0.15, 0.2) is 6.61 Å². The third kappa shape index (κ3) is 6.06. The lowest BCUT2D eigenvalue weighted by Crippen LogP contribution is -2.45. The molecule has 1 fully saturated rings. The molecule has 0 bridgehead atoms. The average Bonchev–Trinajstić information content (AvgIpc) is 2.89. The quantitative estimate of drug-likeness (QED) is 0.488. The Balaban J connectivity index is 1.18. The number of halogens is 3. The van der Waals surface area contributed by atoms with Gasteiger partial charge in [-0.25, -0.2) is 0 Å². The molecule has 3 aromatic rings. The molecule has 1 N–H and O–H groups in total. The van der Waals surface area contributed by atoms with Gasteiger partial charge in [-0.15, -0.1) is 0 Å². The highest BCUT2D eigenvalue weighted by atomic mass is 19.4. The maximum absolute atomic E-state index is 13.8. The minimum Gasteiger partial charge on any atom is -0.484 e. The summed E-state index contributed by atoms with van der Waals surface area (Å²) in [6, 6.07) is 17.3. The van der Waals surface area contributed by atoms with Crippen molar-refractivity contribution in [1.29, 1.82) is 0 Å². The highest BCUT2D eigenvalue weighted by Crippen LogP contribution is 2.34. The van der Waals surface area contributed by atoms with Crippen LogP contribution >= 0.6 is 0 Å². The van der Waals surface area contributed by atoms with Crippen molar-refractivity contribution in [2.75, 3.05) is 44.6 Å². The van der Waals surface area contributed by atoms with Gasteiger partial charge in [-0.3, -0.25) is 14.7 Å². The molecule has 2 aliphatic rings. The van der Waals surface area contributed by atoms with Crippen molar-refractivity contribution in [3.05, 3.63) is 82.4 Å². The van der Waals surface area contributed by atoms with Crippen LogP contribution in [0.3, 0.4) is 0 Å². The molecule has 198 valence electrons. The number of carbonyl (C=O) groups is 1. The van der Waals surface area contributed by atoms with Crippen molar-refractivity contribution in [3.8, 4) is 16.9 Å². The van der Waals surface area contributed by atoms with Crippen LogP contribution in [0.2, 0.25) is 0 Å². The van der Waals surface area contributed by atoms with Crippen LogP contribution in [0.5, 0.6) is 5.75 Å². The number of piperazine rings is 1.